The van der Waals surface area contributed by atoms with Gasteiger partial charge in [-0.1, -0.05) is 18.5 Å². The number of alkyl halides is 3. The molecule has 0 spiro atoms. The van der Waals surface area contributed by atoms with E-state index in [1.807, 2.05) is 6.92 Å². The van der Waals surface area contributed by atoms with E-state index in [4.69, 9.17) is 16.3 Å². The van der Waals surface area contributed by atoms with Crippen molar-refractivity contribution in [1.82, 2.24) is 9.97 Å². The standard InChI is InChI=1S/C12H10ClF3N2O/c1-2-5-19-8-4-3-7(12(14,15)16)9-10(8)17-6-18-11(9)13/h3-4,6H,2,5H2,1H3. The molecule has 7 heteroatoms. The molecule has 19 heavy (non-hydrogen) atoms. The van der Waals surface area contributed by atoms with E-state index < -0.39 is 11.7 Å². The van der Waals surface area contributed by atoms with Crippen molar-refractivity contribution in [2.45, 2.75) is 19.5 Å². The van der Waals surface area contributed by atoms with Crippen molar-refractivity contribution in [2.24, 2.45) is 0 Å². The Morgan fingerprint density at radius 2 is 2.00 bits per heavy atom. The molecule has 0 amide bonds. The third-order valence-corrected chi connectivity index (χ3v) is 2.76. The highest BCUT2D eigenvalue weighted by Crippen LogP contribution is 2.39. The zero-order chi connectivity index (χ0) is 14.0. The first-order valence-corrected chi connectivity index (χ1v) is 5.96. The summed E-state index contributed by atoms with van der Waals surface area (Å²) in [5, 5.41) is -0.468. The first-order valence-electron chi connectivity index (χ1n) is 5.58. The Bertz CT molecular complexity index is 601. The number of benzene rings is 1. The maximum atomic E-state index is 12.9. The number of hydrogen-bond acceptors (Lipinski definition) is 3. The zero-order valence-electron chi connectivity index (χ0n) is 9.96. The van der Waals surface area contributed by atoms with Gasteiger partial charge in [0.25, 0.3) is 0 Å². The van der Waals surface area contributed by atoms with Crippen LogP contribution in [0, 0.1) is 0 Å². The van der Waals surface area contributed by atoms with Crippen LogP contribution in [-0.4, -0.2) is 16.6 Å². The van der Waals surface area contributed by atoms with Crippen molar-refractivity contribution >= 4 is 22.5 Å². The molecule has 0 unspecified atom stereocenters. The predicted molar refractivity (Wildman–Crippen MR) is 65.3 cm³/mol. The van der Waals surface area contributed by atoms with Gasteiger partial charge in [0.15, 0.2) is 0 Å². The fourth-order valence-electron chi connectivity index (χ4n) is 1.68. The first-order chi connectivity index (χ1) is 8.95. The molecule has 2 rings (SSSR count). The topological polar surface area (TPSA) is 35.0 Å². The molecule has 102 valence electrons. The summed E-state index contributed by atoms with van der Waals surface area (Å²) in [5.41, 5.74) is -0.791. The van der Waals surface area contributed by atoms with Gasteiger partial charge in [0.2, 0.25) is 0 Å². The van der Waals surface area contributed by atoms with E-state index in [9.17, 15) is 13.2 Å². The Kier molecular flexibility index (Phi) is 3.80. The molecule has 0 aliphatic rings. The molecule has 0 fully saturated rings. The highest BCUT2D eigenvalue weighted by Gasteiger charge is 2.34. The summed E-state index contributed by atoms with van der Waals surface area (Å²) in [5.74, 6) is 0.272. The van der Waals surface area contributed by atoms with Gasteiger partial charge >= 0.3 is 6.18 Å². The molecule has 3 nitrogen and oxygen atoms in total. The second-order valence-corrected chi connectivity index (χ2v) is 4.20. The number of fused-ring (bicyclic) bond motifs is 1. The van der Waals surface area contributed by atoms with Gasteiger partial charge in [-0.3, -0.25) is 0 Å². The van der Waals surface area contributed by atoms with Crippen LogP contribution in [0.2, 0.25) is 5.15 Å². The molecular formula is C12H10ClF3N2O. The minimum atomic E-state index is -4.52. The lowest BCUT2D eigenvalue weighted by Crippen LogP contribution is -2.08. The van der Waals surface area contributed by atoms with Crippen LogP contribution in [0.15, 0.2) is 18.5 Å². The minimum absolute atomic E-state index is 0.0725. The number of halogens is 4. The molecule has 2 aromatic rings. The van der Waals surface area contributed by atoms with Crippen molar-refractivity contribution in [3.8, 4) is 5.75 Å². The number of ether oxygens (including phenoxy) is 1. The Morgan fingerprint density at radius 3 is 2.63 bits per heavy atom. The highest BCUT2D eigenvalue weighted by molar-refractivity contribution is 6.34. The molecular weight excluding hydrogens is 281 g/mol. The molecule has 1 aromatic heterocycles. The smallest absolute Gasteiger partial charge is 0.417 e. The van der Waals surface area contributed by atoms with E-state index in [1.54, 1.807) is 0 Å². The lowest BCUT2D eigenvalue weighted by molar-refractivity contribution is -0.136. The van der Waals surface area contributed by atoms with Crippen LogP contribution in [0.1, 0.15) is 18.9 Å². The van der Waals surface area contributed by atoms with Gasteiger partial charge in [0.1, 0.15) is 22.7 Å². The van der Waals surface area contributed by atoms with Crippen molar-refractivity contribution < 1.29 is 17.9 Å². The van der Waals surface area contributed by atoms with E-state index in [0.717, 1.165) is 18.8 Å². The zero-order valence-corrected chi connectivity index (χ0v) is 10.7. The molecule has 0 aliphatic carbocycles. The first kappa shape index (κ1) is 13.9. The second-order valence-electron chi connectivity index (χ2n) is 3.85. The molecule has 0 saturated heterocycles. The summed E-state index contributed by atoms with van der Waals surface area (Å²) < 4.78 is 44.2. The van der Waals surface area contributed by atoms with Gasteiger partial charge in [-0.2, -0.15) is 13.2 Å². The monoisotopic (exact) mass is 290 g/mol. The SMILES string of the molecule is CCCOc1ccc(C(F)(F)F)c2c(Cl)ncnc12. The Balaban J connectivity index is 2.69. The Hall–Kier alpha value is -1.56. The number of rotatable bonds is 3. The molecule has 0 bridgehead atoms. The van der Waals surface area contributed by atoms with E-state index in [0.29, 0.717) is 6.61 Å². The molecule has 0 saturated carbocycles. The van der Waals surface area contributed by atoms with Gasteiger partial charge in [-0.25, -0.2) is 9.97 Å². The van der Waals surface area contributed by atoms with Crippen molar-refractivity contribution in [1.29, 1.82) is 0 Å². The van der Waals surface area contributed by atoms with Crippen molar-refractivity contribution in [3.63, 3.8) is 0 Å². The molecule has 0 atom stereocenters. The third kappa shape index (κ3) is 2.73. The summed E-state index contributed by atoms with van der Waals surface area (Å²) in [6.45, 7) is 2.29. The van der Waals surface area contributed by atoms with Gasteiger partial charge in [-0.05, 0) is 18.6 Å². The van der Waals surface area contributed by atoms with Crippen LogP contribution in [-0.2, 0) is 6.18 Å². The number of hydrogen-bond donors (Lipinski definition) is 0. The Morgan fingerprint density at radius 1 is 1.26 bits per heavy atom. The molecule has 0 radical (unpaired) electrons. The van der Waals surface area contributed by atoms with E-state index in [2.05, 4.69) is 9.97 Å². The van der Waals surface area contributed by atoms with Crippen LogP contribution < -0.4 is 4.74 Å². The van der Waals surface area contributed by atoms with Crippen molar-refractivity contribution in [3.05, 3.63) is 29.2 Å². The van der Waals surface area contributed by atoms with Gasteiger partial charge in [0, 0.05) is 0 Å². The van der Waals surface area contributed by atoms with Crippen LogP contribution in [0.5, 0.6) is 5.75 Å². The van der Waals surface area contributed by atoms with Gasteiger partial charge < -0.3 is 4.74 Å². The normalized spacial score (nSPS) is 11.8. The van der Waals surface area contributed by atoms with Gasteiger partial charge in [0.05, 0.1) is 17.6 Å². The van der Waals surface area contributed by atoms with Crippen LogP contribution in [0.3, 0.4) is 0 Å². The van der Waals surface area contributed by atoms with Crippen molar-refractivity contribution in [2.75, 3.05) is 6.61 Å². The van der Waals surface area contributed by atoms with E-state index in [1.165, 1.54) is 6.07 Å². The molecule has 0 aliphatic heterocycles. The summed E-state index contributed by atoms with van der Waals surface area (Å²) in [6.07, 6.45) is -2.67. The molecule has 1 aromatic carbocycles. The van der Waals surface area contributed by atoms with E-state index in [-0.39, 0.29) is 21.8 Å². The fourth-order valence-corrected chi connectivity index (χ4v) is 1.91. The summed E-state index contributed by atoms with van der Waals surface area (Å²) in [6, 6.07) is 2.19. The Labute approximate surface area is 112 Å². The average molecular weight is 291 g/mol. The lowest BCUT2D eigenvalue weighted by Gasteiger charge is -2.13. The van der Waals surface area contributed by atoms with Crippen LogP contribution >= 0.6 is 11.6 Å². The van der Waals surface area contributed by atoms with Crippen LogP contribution in [0.4, 0.5) is 13.2 Å². The third-order valence-electron chi connectivity index (χ3n) is 2.47. The molecule has 1 heterocycles. The summed E-state index contributed by atoms with van der Waals surface area (Å²) in [7, 11) is 0. The summed E-state index contributed by atoms with van der Waals surface area (Å²) in [4.78, 5) is 7.45. The fraction of sp³-hybridized carbons (Fsp3) is 0.333. The van der Waals surface area contributed by atoms with Gasteiger partial charge in [-0.15, -0.1) is 0 Å². The highest BCUT2D eigenvalue weighted by atomic mass is 35.5. The maximum Gasteiger partial charge on any atom is 0.417 e. The predicted octanol–water partition coefficient (Wildman–Crippen LogP) is 4.09. The maximum absolute atomic E-state index is 12.9. The average Bonchev–Trinajstić information content (AvgIpc) is 2.35. The number of aromatic nitrogens is 2. The lowest BCUT2D eigenvalue weighted by atomic mass is 10.1. The number of nitrogens with zero attached hydrogens (tertiary/aromatic N) is 2. The molecule has 0 N–H and O–H groups in total. The second kappa shape index (κ2) is 5.21. The quantitative estimate of drug-likeness (QED) is 0.799. The largest absolute Gasteiger partial charge is 0.491 e. The summed E-state index contributed by atoms with van der Waals surface area (Å²) >= 11 is 5.77. The van der Waals surface area contributed by atoms with E-state index >= 15 is 0 Å². The van der Waals surface area contributed by atoms with Crippen LogP contribution in [0.25, 0.3) is 10.9 Å². The minimum Gasteiger partial charge on any atom is -0.491 e.